The van der Waals surface area contributed by atoms with Crippen molar-refractivity contribution in [2.45, 2.75) is 6.42 Å². The molecule has 68 valence electrons. The molecule has 1 rings (SSSR count). The Balaban J connectivity index is 2.69. The van der Waals surface area contributed by atoms with Gasteiger partial charge in [0.05, 0.1) is 0 Å². The van der Waals surface area contributed by atoms with E-state index in [-0.39, 0.29) is 5.12 Å². The molecule has 0 aliphatic carbocycles. The number of benzene rings is 1. The molecule has 13 heavy (non-hydrogen) atoms. The fourth-order valence-corrected chi connectivity index (χ4v) is 1.40. The minimum atomic E-state index is 0.0645. The Labute approximate surface area is 87.0 Å². The molecule has 0 aliphatic rings. The molecule has 0 amide bonds. The van der Waals surface area contributed by atoms with Crippen LogP contribution in [0.5, 0.6) is 0 Å². The normalized spacial score (nSPS) is 9.62. The summed E-state index contributed by atoms with van der Waals surface area (Å²) in [6.45, 7) is 3.65. The molecule has 1 aromatic carbocycles. The fourth-order valence-electron chi connectivity index (χ4n) is 0.971. The van der Waals surface area contributed by atoms with Gasteiger partial charge in [0.25, 0.3) is 0 Å². The summed E-state index contributed by atoms with van der Waals surface area (Å²) < 4.78 is 0. The summed E-state index contributed by atoms with van der Waals surface area (Å²) in [5.41, 5.74) is 2.08. The Morgan fingerprint density at radius 2 is 2.08 bits per heavy atom. The van der Waals surface area contributed by atoms with Crippen LogP contribution in [0.25, 0.3) is 6.08 Å². The Morgan fingerprint density at radius 1 is 1.46 bits per heavy atom. The molecule has 0 atom stereocenters. The quantitative estimate of drug-likeness (QED) is 0.610. The van der Waals surface area contributed by atoms with Gasteiger partial charge < -0.3 is 0 Å². The van der Waals surface area contributed by atoms with Gasteiger partial charge in [-0.3, -0.25) is 4.79 Å². The molecular weight excluding hydrogens is 200 g/mol. The molecular formula is C10H10OS2. The maximum Gasteiger partial charge on any atom is 0.203 e. The number of carbonyl (C=O) groups excluding carboxylic acids is 1. The summed E-state index contributed by atoms with van der Waals surface area (Å²) in [5, 5.41) is 0.0645. The Hall–Kier alpha value is -0.670. The zero-order valence-corrected chi connectivity index (χ0v) is 8.78. The first kappa shape index (κ1) is 10.4. The lowest BCUT2D eigenvalue weighted by molar-refractivity contribution is -0.110. The van der Waals surface area contributed by atoms with Crippen LogP contribution >= 0.6 is 22.5 Å². The van der Waals surface area contributed by atoms with E-state index in [9.17, 15) is 4.79 Å². The minimum Gasteiger partial charge on any atom is -0.286 e. The number of hydrogen-bond donors (Lipinski definition) is 1. The second-order valence-electron chi connectivity index (χ2n) is 2.59. The van der Waals surface area contributed by atoms with Crippen molar-refractivity contribution in [2.24, 2.45) is 0 Å². The number of rotatable bonds is 3. The van der Waals surface area contributed by atoms with Gasteiger partial charge in [0.2, 0.25) is 5.12 Å². The molecule has 0 bridgehead atoms. The van der Waals surface area contributed by atoms with Crippen molar-refractivity contribution in [3.8, 4) is 0 Å². The van der Waals surface area contributed by atoms with E-state index >= 15 is 0 Å². The van der Waals surface area contributed by atoms with Crippen molar-refractivity contribution in [3.05, 3.63) is 42.0 Å². The van der Waals surface area contributed by atoms with Gasteiger partial charge in [0, 0.05) is 6.42 Å². The molecule has 3 heteroatoms. The van der Waals surface area contributed by atoms with Crippen LogP contribution in [-0.2, 0) is 11.2 Å². The lowest BCUT2D eigenvalue weighted by atomic mass is 10.1. The smallest absolute Gasteiger partial charge is 0.203 e. The maximum atomic E-state index is 11.0. The molecule has 1 aromatic rings. The first-order valence-corrected chi connectivity index (χ1v) is 5.69. The van der Waals surface area contributed by atoms with Crippen molar-refractivity contribution >= 4 is 33.6 Å². The van der Waals surface area contributed by atoms with Gasteiger partial charge in [-0.05, 0) is 21.9 Å². The first-order chi connectivity index (χ1) is 6.26. The standard InChI is InChI=1S/C10H10OS2/c1-2-8-3-5-9(6-4-8)7-10(11)13-12/h2-6,12H,1,7H2. The average Bonchev–Trinajstić information content (AvgIpc) is 2.19. The Morgan fingerprint density at radius 3 is 2.54 bits per heavy atom. The summed E-state index contributed by atoms with van der Waals surface area (Å²) in [4.78, 5) is 11.0. The zero-order chi connectivity index (χ0) is 9.68. The van der Waals surface area contributed by atoms with Crippen molar-refractivity contribution in [2.75, 3.05) is 0 Å². The predicted molar refractivity (Wildman–Crippen MR) is 61.8 cm³/mol. The average molecular weight is 210 g/mol. The third-order valence-corrected chi connectivity index (χ3v) is 2.62. The third-order valence-electron chi connectivity index (χ3n) is 1.67. The summed E-state index contributed by atoms with van der Waals surface area (Å²) in [6, 6.07) is 7.75. The fraction of sp³-hybridized carbons (Fsp3) is 0.100. The Bertz CT molecular complexity index is 303. The largest absolute Gasteiger partial charge is 0.286 e. The van der Waals surface area contributed by atoms with E-state index < -0.39 is 0 Å². The molecule has 0 aliphatic heterocycles. The van der Waals surface area contributed by atoms with Crippen LogP contribution < -0.4 is 0 Å². The summed E-state index contributed by atoms with van der Waals surface area (Å²) in [6.07, 6.45) is 2.21. The van der Waals surface area contributed by atoms with Crippen molar-refractivity contribution in [1.29, 1.82) is 0 Å². The molecule has 1 nitrogen and oxygen atoms in total. The van der Waals surface area contributed by atoms with E-state index in [1.54, 1.807) is 6.08 Å². The molecule has 0 heterocycles. The van der Waals surface area contributed by atoms with E-state index in [4.69, 9.17) is 0 Å². The molecule has 0 fully saturated rings. The summed E-state index contributed by atoms with van der Waals surface area (Å²) >= 11 is 3.84. The van der Waals surface area contributed by atoms with Gasteiger partial charge in [-0.15, -0.1) is 11.7 Å². The molecule has 0 saturated carbocycles. The molecule has 0 saturated heterocycles. The number of carbonyl (C=O) groups is 1. The van der Waals surface area contributed by atoms with E-state index in [2.05, 4.69) is 18.2 Å². The van der Waals surface area contributed by atoms with Crippen LogP contribution in [-0.4, -0.2) is 5.12 Å². The molecule has 0 aromatic heterocycles. The van der Waals surface area contributed by atoms with Crippen LogP contribution in [0.15, 0.2) is 30.8 Å². The van der Waals surface area contributed by atoms with E-state index in [0.29, 0.717) is 6.42 Å². The van der Waals surface area contributed by atoms with Crippen molar-refractivity contribution in [3.63, 3.8) is 0 Å². The number of thiol groups is 1. The monoisotopic (exact) mass is 210 g/mol. The SMILES string of the molecule is C=Cc1ccc(CC(=O)SS)cc1. The van der Waals surface area contributed by atoms with E-state index in [1.807, 2.05) is 24.3 Å². The highest BCUT2D eigenvalue weighted by atomic mass is 33.1. The highest BCUT2D eigenvalue weighted by Gasteiger charge is 2.01. The highest BCUT2D eigenvalue weighted by Crippen LogP contribution is 2.13. The summed E-state index contributed by atoms with van der Waals surface area (Å²) in [5.74, 6) is 0. The lowest BCUT2D eigenvalue weighted by Gasteiger charge is -1.98. The van der Waals surface area contributed by atoms with Gasteiger partial charge in [0.1, 0.15) is 0 Å². The zero-order valence-electron chi connectivity index (χ0n) is 7.06. The second kappa shape index (κ2) is 5.14. The van der Waals surface area contributed by atoms with Crippen LogP contribution in [0.3, 0.4) is 0 Å². The lowest BCUT2D eigenvalue weighted by Crippen LogP contribution is -1.94. The van der Waals surface area contributed by atoms with Gasteiger partial charge in [-0.1, -0.05) is 36.9 Å². The number of hydrogen-bond acceptors (Lipinski definition) is 3. The van der Waals surface area contributed by atoms with Gasteiger partial charge in [-0.25, -0.2) is 0 Å². The third kappa shape index (κ3) is 3.28. The van der Waals surface area contributed by atoms with Crippen molar-refractivity contribution < 1.29 is 4.79 Å². The first-order valence-electron chi connectivity index (χ1n) is 3.82. The van der Waals surface area contributed by atoms with Gasteiger partial charge in [-0.2, -0.15) is 0 Å². The van der Waals surface area contributed by atoms with Gasteiger partial charge >= 0.3 is 0 Å². The van der Waals surface area contributed by atoms with E-state index in [0.717, 1.165) is 21.9 Å². The van der Waals surface area contributed by atoms with Crippen molar-refractivity contribution in [1.82, 2.24) is 0 Å². The molecule has 0 spiro atoms. The molecule has 0 N–H and O–H groups in total. The molecule has 0 radical (unpaired) electrons. The van der Waals surface area contributed by atoms with Crippen LogP contribution in [0.4, 0.5) is 0 Å². The predicted octanol–water partition coefficient (Wildman–Crippen LogP) is 2.98. The summed E-state index contributed by atoms with van der Waals surface area (Å²) in [7, 11) is 0.965. The Kier molecular flexibility index (Phi) is 4.12. The van der Waals surface area contributed by atoms with Gasteiger partial charge in [0.15, 0.2) is 0 Å². The second-order valence-corrected chi connectivity index (χ2v) is 3.77. The van der Waals surface area contributed by atoms with E-state index in [1.165, 1.54) is 0 Å². The van der Waals surface area contributed by atoms with Crippen LogP contribution in [0.1, 0.15) is 11.1 Å². The topological polar surface area (TPSA) is 17.1 Å². The highest BCUT2D eigenvalue weighted by molar-refractivity contribution is 8.74. The minimum absolute atomic E-state index is 0.0645. The maximum absolute atomic E-state index is 11.0. The molecule has 0 unspecified atom stereocenters. The van der Waals surface area contributed by atoms with Crippen LogP contribution in [0.2, 0.25) is 0 Å². The van der Waals surface area contributed by atoms with Crippen LogP contribution in [0, 0.1) is 0 Å².